The van der Waals surface area contributed by atoms with Crippen LogP contribution in [0.25, 0.3) is 10.9 Å². The number of terminal acetylenes is 1. The predicted octanol–water partition coefficient (Wildman–Crippen LogP) is 2.39. The standard InChI is InChI=1S/C14H11NO2/c1-3-10-9-11-7-5-6-8-12(11)15-13(10)14(16)17-4-2/h1,5-9H,4H2,2H3. The van der Waals surface area contributed by atoms with E-state index in [1.54, 1.807) is 13.0 Å². The van der Waals surface area contributed by atoms with Gasteiger partial charge in [-0.1, -0.05) is 24.1 Å². The minimum absolute atomic E-state index is 0.202. The molecule has 3 heteroatoms. The minimum atomic E-state index is -0.480. The van der Waals surface area contributed by atoms with Gasteiger partial charge in [-0.25, -0.2) is 9.78 Å². The molecule has 3 nitrogen and oxygen atoms in total. The summed E-state index contributed by atoms with van der Waals surface area (Å²) in [6.07, 6.45) is 5.38. The first-order chi connectivity index (χ1) is 8.26. The maximum absolute atomic E-state index is 11.7. The molecule has 1 heterocycles. The number of hydrogen-bond donors (Lipinski definition) is 0. The molecule has 0 N–H and O–H groups in total. The van der Waals surface area contributed by atoms with Crippen molar-refractivity contribution in [1.29, 1.82) is 0 Å². The Bertz CT molecular complexity index is 611. The SMILES string of the molecule is C#Cc1cc2ccccc2nc1C(=O)OCC. The first kappa shape index (κ1) is 11.2. The number of hydrogen-bond acceptors (Lipinski definition) is 3. The molecule has 0 spiro atoms. The Labute approximate surface area is 99.4 Å². The molecular formula is C14H11NO2. The largest absolute Gasteiger partial charge is 0.461 e. The van der Waals surface area contributed by atoms with Crippen molar-refractivity contribution in [2.75, 3.05) is 6.61 Å². The van der Waals surface area contributed by atoms with Crippen LogP contribution >= 0.6 is 0 Å². The Kier molecular flexibility index (Phi) is 3.06. The molecule has 0 aliphatic carbocycles. The van der Waals surface area contributed by atoms with Crippen molar-refractivity contribution in [3.63, 3.8) is 0 Å². The van der Waals surface area contributed by atoms with Crippen LogP contribution in [-0.2, 0) is 4.74 Å². The Hall–Kier alpha value is -2.34. The van der Waals surface area contributed by atoms with Gasteiger partial charge in [0.1, 0.15) is 0 Å². The molecule has 0 saturated heterocycles. The summed E-state index contributed by atoms with van der Waals surface area (Å²) < 4.78 is 4.92. The van der Waals surface area contributed by atoms with Crippen LogP contribution < -0.4 is 0 Å². The second-order valence-electron chi connectivity index (χ2n) is 3.44. The van der Waals surface area contributed by atoms with Crippen molar-refractivity contribution in [3.05, 3.63) is 41.6 Å². The number of nitrogens with zero attached hydrogens (tertiary/aromatic N) is 1. The van der Waals surface area contributed by atoms with Crippen LogP contribution in [0.15, 0.2) is 30.3 Å². The van der Waals surface area contributed by atoms with E-state index in [-0.39, 0.29) is 5.69 Å². The molecule has 0 saturated carbocycles. The number of pyridine rings is 1. The third-order valence-electron chi connectivity index (χ3n) is 2.35. The molecule has 0 fully saturated rings. The second kappa shape index (κ2) is 4.67. The zero-order valence-corrected chi connectivity index (χ0v) is 9.43. The van der Waals surface area contributed by atoms with E-state index in [1.165, 1.54) is 0 Å². The summed E-state index contributed by atoms with van der Waals surface area (Å²) in [5, 5.41) is 0.911. The average Bonchev–Trinajstić information content (AvgIpc) is 2.37. The highest BCUT2D eigenvalue weighted by atomic mass is 16.5. The van der Waals surface area contributed by atoms with E-state index in [1.807, 2.05) is 24.3 Å². The van der Waals surface area contributed by atoms with Crippen LogP contribution in [0.2, 0.25) is 0 Å². The van der Waals surface area contributed by atoms with Gasteiger partial charge in [-0.05, 0) is 19.1 Å². The fraction of sp³-hybridized carbons (Fsp3) is 0.143. The number of esters is 1. The van der Waals surface area contributed by atoms with Crippen molar-refractivity contribution in [1.82, 2.24) is 4.98 Å². The maximum Gasteiger partial charge on any atom is 0.358 e. The lowest BCUT2D eigenvalue weighted by Crippen LogP contribution is -2.09. The van der Waals surface area contributed by atoms with Crippen molar-refractivity contribution < 1.29 is 9.53 Å². The highest BCUT2D eigenvalue weighted by Gasteiger charge is 2.14. The first-order valence-corrected chi connectivity index (χ1v) is 5.29. The van der Waals surface area contributed by atoms with Crippen LogP contribution in [0.1, 0.15) is 23.0 Å². The third-order valence-corrected chi connectivity index (χ3v) is 2.35. The Morgan fingerprint density at radius 3 is 2.94 bits per heavy atom. The highest BCUT2D eigenvalue weighted by molar-refractivity contribution is 5.94. The van der Waals surface area contributed by atoms with Gasteiger partial charge in [0.15, 0.2) is 5.69 Å². The lowest BCUT2D eigenvalue weighted by atomic mass is 10.1. The number of para-hydroxylation sites is 1. The number of aromatic nitrogens is 1. The van der Waals surface area contributed by atoms with Gasteiger partial charge in [0.25, 0.3) is 0 Å². The monoisotopic (exact) mass is 225 g/mol. The molecule has 0 unspecified atom stereocenters. The molecule has 2 rings (SSSR count). The molecule has 0 bridgehead atoms. The fourth-order valence-corrected chi connectivity index (χ4v) is 1.58. The van der Waals surface area contributed by atoms with Crippen LogP contribution in [0.3, 0.4) is 0 Å². The lowest BCUT2D eigenvalue weighted by Gasteiger charge is -2.05. The second-order valence-corrected chi connectivity index (χ2v) is 3.44. The quantitative estimate of drug-likeness (QED) is 0.582. The molecule has 0 aliphatic heterocycles. The van der Waals surface area contributed by atoms with E-state index in [4.69, 9.17) is 11.2 Å². The van der Waals surface area contributed by atoms with Gasteiger partial charge < -0.3 is 4.74 Å². The van der Waals surface area contributed by atoms with Crippen LogP contribution in [0, 0.1) is 12.3 Å². The van der Waals surface area contributed by atoms with Crippen molar-refractivity contribution in [3.8, 4) is 12.3 Å². The van der Waals surface area contributed by atoms with Crippen molar-refractivity contribution in [2.45, 2.75) is 6.92 Å². The molecule has 84 valence electrons. The summed E-state index contributed by atoms with van der Waals surface area (Å²) in [5.74, 6) is 1.98. The highest BCUT2D eigenvalue weighted by Crippen LogP contribution is 2.16. The van der Waals surface area contributed by atoms with Crippen LogP contribution in [-0.4, -0.2) is 17.6 Å². The Morgan fingerprint density at radius 1 is 1.47 bits per heavy atom. The fourth-order valence-electron chi connectivity index (χ4n) is 1.58. The molecule has 1 aromatic carbocycles. The molecule has 0 atom stereocenters. The van der Waals surface area contributed by atoms with Crippen LogP contribution in [0.4, 0.5) is 0 Å². The maximum atomic E-state index is 11.7. The minimum Gasteiger partial charge on any atom is -0.461 e. The normalized spacial score (nSPS) is 9.88. The molecule has 1 aromatic heterocycles. The van der Waals surface area contributed by atoms with Gasteiger partial charge in [0.2, 0.25) is 0 Å². The smallest absolute Gasteiger partial charge is 0.358 e. The first-order valence-electron chi connectivity index (χ1n) is 5.29. The van der Waals surface area contributed by atoms with E-state index in [9.17, 15) is 4.79 Å². The summed E-state index contributed by atoms with van der Waals surface area (Å²) >= 11 is 0. The average molecular weight is 225 g/mol. The van der Waals surface area contributed by atoms with Gasteiger partial charge in [0.05, 0.1) is 17.7 Å². The molecule has 0 radical (unpaired) electrons. The molecule has 0 amide bonds. The van der Waals surface area contributed by atoms with Gasteiger partial charge in [0, 0.05) is 5.39 Å². The van der Waals surface area contributed by atoms with Gasteiger partial charge in [-0.3, -0.25) is 0 Å². The van der Waals surface area contributed by atoms with E-state index >= 15 is 0 Å². The number of ether oxygens (including phenoxy) is 1. The van der Waals surface area contributed by atoms with E-state index in [2.05, 4.69) is 10.9 Å². The summed E-state index contributed by atoms with van der Waals surface area (Å²) in [4.78, 5) is 15.9. The number of carbonyl (C=O) groups excluding carboxylic acids is 1. The zero-order chi connectivity index (χ0) is 12.3. The van der Waals surface area contributed by atoms with E-state index in [0.29, 0.717) is 12.2 Å². The predicted molar refractivity (Wildman–Crippen MR) is 65.6 cm³/mol. The number of rotatable bonds is 2. The van der Waals surface area contributed by atoms with Gasteiger partial charge in [-0.15, -0.1) is 6.42 Å². The van der Waals surface area contributed by atoms with Gasteiger partial charge >= 0.3 is 5.97 Å². The van der Waals surface area contributed by atoms with Crippen molar-refractivity contribution >= 4 is 16.9 Å². The lowest BCUT2D eigenvalue weighted by molar-refractivity contribution is 0.0519. The van der Waals surface area contributed by atoms with E-state index in [0.717, 1.165) is 10.9 Å². The molecular weight excluding hydrogens is 214 g/mol. The van der Waals surface area contributed by atoms with Crippen LogP contribution in [0.5, 0.6) is 0 Å². The van der Waals surface area contributed by atoms with Gasteiger partial charge in [-0.2, -0.15) is 0 Å². The van der Waals surface area contributed by atoms with Crippen molar-refractivity contribution in [2.24, 2.45) is 0 Å². The Balaban J connectivity index is 2.62. The summed E-state index contributed by atoms with van der Waals surface area (Å²) in [6, 6.07) is 9.26. The summed E-state index contributed by atoms with van der Waals surface area (Å²) in [6.45, 7) is 2.05. The number of benzene rings is 1. The third kappa shape index (κ3) is 2.11. The Morgan fingerprint density at radius 2 is 2.24 bits per heavy atom. The number of carbonyl (C=O) groups is 1. The number of fused-ring (bicyclic) bond motifs is 1. The summed E-state index contributed by atoms with van der Waals surface area (Å²) in [5.41, 5.74) is 1.39. The van der Waals surface area contributed by atoms with E-state index < -0.39 is 5.97 Å². The molecule has 17 heavy (non-hydrogen) atoms. The summed E-state index contributed by atoms with van der Waals surface area (Å²) in [7, 11) is 0. The molecule has 0 aliphatic rings. The zero-order valence-electron chi connectivity index (χ0n) is 9.43. The topological polar surface area (TPSA) is 39.2 Å². The molecule has 2 aromatic rings.